The molecule has 1 aliphatic rings. The van der Waals surface area contributed by atoms with Gasteiger partial charge >= 0.3 is 0 Å². The molecule has 2 aromatic rings. The van der Waals surface area contributed by atoms with E-state index in [1.807, 2.05) is 11.8 Å². The number of hydrogen-bond acceptors (Lipinski definition) is 4. The Morgan fingerprint density at radius 1 is 1.24 bits per heavy atom. The molecule has 4 nitrogen and oxygen atoms in total. The third kappa shape index (κ3) is 3.42. The van der Waals surface area contributed by atoms with E-state index in [1.165, 1.54) is 5.52 Å². The fourth-order valence-electron chi connectivity index (χ4n) is 2.71. The van der Waals surface area contributed by atoms with Gasteiger partial charge in [0.1, 0.15) is 0 Å². The molecule has 0 radical (unpaired) electrons. The molecule has 1 aliphatic heterocycles. The molecular formula is C16H23N3OS. The van der Waals surface area contributed by atoms with Crippen LogP contribution in [-0.4, -0.2) is 53.1 Å². The van der Waals surface area contributed by atoms with Crippen LogP contribution < -0.4 is 0 Å². The van der Waals surface area contributed by atoms with Crippen LogP contribution in [0.2, 0.25) is 0 Å². The normalized spacial score (nSPS) is 16.9. The number of fused-ring (bicyclic) bond motifs is 1. The SMILES string of the molecule is CC(C)n1c(SCCN2CCOCC2)nc2ccccc21. The molecule has 0 amide bonds. The summed E-state index contributed by atoms with van der Waals surface area (Å²) in [6, 6.07) is 8.84. The quantitative estimate of drug-likeness (QED) is 0.794. The summed E-state index contributed by atoms with van der Waals surface area (Å²) in [6.45, 7) is 9.41. The molecule has 0 saturated carbocycles. The van der Waals surface area contributed by atoms with Crippen LogP contribution in [0.3, 0.4) is 0 Å². The van der Waals surface area contributed by atoms with E-state index in [4.69, 9.17) is 9.72 Å². The van der Waals surface area contributed by atoms with E-state index in [1.54, 1.807) is 0 Å². The smallest absolute Gasteiger partial charge is 0.169 e. The predicted octanol–water partition coefficient (Wildman–Crippen LogP) is 3.04. The van der Waals surface area contributed by atoms with E-state index >= 15 is 0 Å². The first-order valence-electron chi connectivity index (χ1n) is 7.65. The van der Waals surface area contributed by atoms with Gasteiger partial charge in [0, 0.05) is 31.4 Å². The summed E-state index contributed by atoms with van der Waals surface area (Å²) < 4.78 is 7.74. The zero-order valence-corrected chi connectivity index (χ0v) is 13.6. The van der Waals surface area contributed by atoms with Crippen LogP contribution in [0.15, 0.2) is 29.4 Å². The van der Waals surface area contributed by atoms with Crippen molar-refractivity contribution in [3.63, 3.8) is 0 Å². The first-order valence-corrected chi connectivity index (χ1v) is 8.64. The average Bonchev–Trinajstić information content (AvgIpc) is 2.86. The van der Waals surface area contributed by atoms with Crippen LogP contribution in [0.1, 0.15) is 19.9 Å². The fourth-order valence-corrected chi connectivity index (χ4v) is 3.86. The molecule has 1 fully saturated rings. The predicted molar refractivity (Wildman–Crippen MR) is 88.1 cm³/mol. The molecule has 0 spiro atoms. The van der Waals surface area contributed by atoms with E-state index in [0.29, 0.717) is 6.04 Å². The summed E-state index contributed by atoms with van der Waals surface area (Å²) in [5.74, 6) is 1.08. The van der Waals surface area contributed by atoms with Crippen molar-refractivity contribution in [2.24, 2.45) is 0 Å². The maximum Gasteiger partial charge on any atom is 0.169 e. The van der Waals surface area contributed by atoms with Gasteiger partial charge in [-0.1, -0.05) is 23.9 Å². The lowest BCUT2D eigenvalue weighted by atomic mass is 10.3. The van der Waals surface area contributed by atoms with Crippen molar-refractivity contribution in [3.05, 3.63) is 24.3 Å². The van der Waals surface area contributed by atoms with Gasteiger partial charge in [-0.3, -0.25) is 4.90 Å². The van der Waals surface area contributed by atoms with E-state index in [9.17, 15) is 0 Å². The number of aromatic nitrogens is 2. The summed E-state index contributed by atoms with van der Waals surface area (Å²) in [6.07, 6.45) is 0. The van der Waals surface area contributed by atoms with Gasteiger partial charge in [0.15, 0.2) is 5.16 Å². The highest BCUT2D eigenvalue weighted by Crippen LogP contribution is 2.27. The molecule has 0 unspecified atom stereocenters. The minimum Gasteiger partial charge on any atom is -0.379 e. The van der Waals surface area contributed by atoms with Crippen molar-refractivity contribution in [2.45, 2.75) is 25.0 Å². The Morgan fingerprint density at radius 2 is 2.00 bits per heavy atom. The van der Waals surface area contributed by atoms with Crippen molar-refractivity contribution in [1.29, 1.82) is 0 Å². The first kappa shape index (κ1) is 14.9. The zero-order valence-electron chi connectivity index (χ0n) is 12.8. The fraction of sp³-hybridized carbons (Fsp3) is 0.562. The van der Waals surface area contributed by atoms with Crippen LogP contribution in [0.25, 0.3) is 11.0 Å². The van der Waals surface area contributed by atoms with Gasteiger partial charge < -0.3 is 9.30 Å². The number of rotatable bonds is 5. The number of nitrogens with zero attached hydrogens (tertiary/aromatic N) is 3. The molecule has 1 saturated heterocycles. The van der Waals surface area contributed by atoms with Gasteiger partial charge in [0.2, 0.25) is 0 Å². The molecule has 0 aliphatic carbocycles. The second-order valence-corrected chi connectivity index (χ2v) is 6.71. The van der Waals surface area contributed by atoms with Crippen molar-refractivity contribution >= 4 is 22.8 Å². The molecular weight excluding hydrogens is 282 g/mol. The molecule has 0 N–H and O–H groups in total. The molecule has 0 bridgehead atoms. The monoisotopic (exact) mass is 305 g/mol. The average molecular weight is 305 g/mol. The number of para-hydroxylation sites is 2. The Morgan fingerprint density at radius 3 is 2.76 bits per heavy atom. The largest absolute Gasteiger partial charge is 0.379 e. The van der Waals surface area contributed by atoms with Gasteiger partial charge in [-0.2, -0.15) is 0 Å². The number of hydrogen-bond donors (Lipinski definition) is 0. The van der Waals surface area contributed by atoms with Crippen LogP contribution in [0.4, 0.5) is 0 Å². The number of thioether (sulfide) groups is 1. The van der Waals surface area contributed by atoms with E-state index < -0.39 is 0 Å². The van der Waals surface area contributed by atoms with E-state index in [2.05, 4.69) is 47.6 Å². The Balaban J connectivity index is 1.69. The second kappa shape index (κ2) is 6.81. The van der Waals surface area contributed by atoms with Gasteiger partial charge in [0.05, 0.1) is 24.2 Å². The van der Waals surface area contributed by atoms with Gasteiger partial charge in [-0.15, -0.1) is 0 Å². The lowest BCUT2D eigenvalue weighted by molar-refractivity contribution is 0.0410. The molecule has 114 valence electrons. The molecule has 5 heteroatoms. The molecule has 21 heavy (non-hydrogen) atoms. The Bertz CT molecular complexity index is 590. The third-order valence-electron chi connectivity index (χ3n) is 3.82. The van der Waals surface area contributed by atoms with Crippen molar-refractivity contribution in [2.75, 3.05) is 38.6 Å². The van der Waals surface area contributed by atoms with E-state index in [0.717, 1.165) is 49.3 Å². The Kier molecular flexibility index (Phi) is 4.83. The Labute approximate surface area is 130 Å². The first-order chi connectivity index (χ1) is 10.3. The number of morpholine rings is 1. The minimum atomic E-state index is 0.434. The Hall–Kier alpha value is -1.04. The van der Waals surface area contributed by atoms with Gasteiger partial charge in [-0.05, 0) is 26.0 Å². The zero-order chi connectivity index (χ0) is 14.7. The van der Waals surface area contributed by atoms with Gasteiger partial charge in [-0.25, -0.2) is 4.98 Å². The summed E-state index contributed by atoms with van der Waals surface area (Å²) in [4.78, 5) is 7.27. The summed E-state index contributed by atoms with van der Waals surface area (Å²) in [5, 5.41) is 1.14. The molecule has 1 aromatic heterocycles. The topological polar surface area (TPSA) is 30.3 Å². The van der Waals surface area contributed by atoms with Crippen LogP contribution in [0.5, 0.6) is 0 Å². The summed E-state index contributed by atoms with van der Waals surface area (Å²) >= 11 is 1.86. The maximum absolute atomic E-state index is 5.39. The van der Waals surface area contributed by atoms with Crippen molar-refractivity contribution in [1.82, 2.24) is 14.5 Å². The number of imidazole rings is 1. The minimum absolute atomic E-state index is 0.434. The summed E-state index contributed by atoms with van der Waals surface area (Å²) in [5.41, 5.74) is 2.33. The number of ether oxygens (including phenoxy) is 1. The lowest BCUT2D eigenvalue weighted by Crippen LogP contribution is -2.37. The van der Waals surface area contributed by atoms with Crippen LogP contribution in [0, 0.1) is 0 Å². The molecule has 1 aromatic carbocycles. The van der Waals surface area contributed by atoms with Crippen LogP contribution in [-0.2, 0) is 4.74 Å². The molecule has 0 atom stereocenters. The molecule has 3 rings (SSSR count). The summed E-state index contributed by atoms with van der Waals surface area (Å²) in [7, 11) is 0. The van der Waals surface area contributed by atoms with Crippen molar-refractivity contribution in [3.8, 4) is 0 Å². The number of benzene rings is 1. The van der Waals surface area contributed by atoms with Crippen molar-refractivity contribution < 1.29 is 4.74 Å². The van der Waals surface area contributed by atoms with Crippen LogP contribution >= 0.6 is 11.8 Å². The standard InChI is InChI=1S/C16H23N3OS/c1-13(2)19-15-6-4-3-5-14(15)17-16(19)21-12-9-18-7-10-20-11-8-18/h3-6,13H,7-12H2,1-2H3. The lowest BCUT2D eigenvalue weighted by Gasteiger charge is -2.26. The highest BCUT2D eigenvalue weighted by Gasteiger charge is 2.14. The maximum atomic E-state index is 5.39. The van der Waals surface area contributed by atoms with Gasteiger partial charge in [0.25, 0.3) is 0 Å². The molecule has 2 heterocycles. The highest BCUT2D eigenvalue weighted by molar-refractivity contribution is 7.99. The highest BCUT2D eigenvalue weighted by atomic mass is 32.2. The second-order valence-electron chi connectivity index (χ2n) is 5.65. The van der Waals surface area contributed by atoms with E-state index in [-0.39, 0.29) is 0 Å². The third-order valence-corrected chi connectivity index (χ3v) is 4.76.